The van der Waals surface area contributed by atoms with Gasteiger partial charge in [-0.2, -0.15) is 0 Å². The SMILES string of the molecule is CCS(=O)(=O)CCN1CCCCCCC1. The van der Waals surface area contributed by atoms with Gasteiger partial charge in [0.05, 0.1) is 5.75 Å². The largest absolute Gasteiger partial charge is 0.302 e. The van der Waals surface area contributed by atoms with E-state index in [1.54, 1.807) is 6.92 Å². The first-order valence-corrected chi connectivity index (χ1v) is 7.89. The molecule has 0 amide bonds. The van der Waals surface area contributed by atoms with Crippen molar-refractivity contribution in [1.29, 1.82) is 0 Å². The summed E-state index contributed by atoms with van der Waals surface area (Å²) in [6, 6.07) is 0. The molecule has 0 saturated carbocycles. The Balaban J connectivity index is 2.29. The van der Waals surface area contributed by atoms with Crippen LogP contribution in [0.2, 0.25) is 0 Å². The smallest absolute Gasteiger partial charge is 0.151 e. The molecule has 1 aliphatic heterocycles. The molecule has 0 aliphatic carbocycles. The molecule has 0 bridgehead atoms. The summed E-state index contributed by atoms with van der Waals surface area (Å²) in [6.07, 6.45) is 6.41. The van der Waals surface area contributed by atoms with Crippen LogP contribution in [0, 0.1) is 0 Å². The van der Waals surface area contributed by atoms with Crippen molar-refractivity contribution in [2.24, 2.45) is 0 Å². The standard InChI is InChI=1S/C11H23NO2S/c1-2-15(13,14)11-10-12-8-6-4-3-5-7-9-12/h2-11H2,1H3. The molecule has 15 heavy (non-hydrogen) atoms. The first-order valence-electron chi connectivity index (χ1n) is 6.07. The Morgan fingerprint density at radius 1 is 1.00 bits per heavy atom. The highest BCUT2D eigenvalue weighted by molar-refractivity contribution is 7.91. The molecule has 0 radical (unpaired) electrons. The van der Waals surface area contributed by atoms with Crippen LogP contribution in [-0.4, -0.2) is 44.5 Å². The molecule has 0 unspecified atom stereocenters. The van der Waals surface area contributed by atoms with Crippen molar-refractivity contribution >= 4 is 9.84 Å². The van der Waals surface area contributed by atoms with Crippen LogP contribution in [0.3, 0.4) is 0 Å². The highest BCUT2D eigenvalue weighted by atomic mass is 32.2. The molecule has 1 saturated heterocycles. The van der Waals surface area contributed by atoms with Crippen molar-refractivity contribution in [3.8, 4) is 0 Å². The summed E-state index contributed by atoms with van der Waals surface area (Å²) in [5.41, 5.74) is 0. The van der Waals surface area contributed by atoms with Gasteiger partial charge >= 0.3 is 0 Å². The van der Waals surface area contributed by atoms with E-state index in [0.29, 0.717) is 5.75 Å². The van der Waals surface area contributed by atoms with Gasteiger partial charge in [0.25, 0.3) is 0 Å². The third kappa shape index (κ3) is 5.52. The minimum atomic E-state index is -2.78. The lowest BCUT2D eigenvalue weighted by atomic mass is 10.1. The van der Waals surface area contributed by atoms with Crippen molar-refractivity contribution in [2.75, 3.05) is 31.1 Å². The molecule has 1 rings (SSSR count). The van der Waals surface area contributed by atoms with Crippen LogP contribution in [-0.2, 0) is 9.84 Å². The van der Waals surface area contributed by atoms with Gasteiger partial charge in [0, 0.05) is 12.3 Å². The Hall–Kier alpha value is -0.0900. The fraction of sp³-hybridized carbons (Fsp3) is 1.00. The molecule has 0 spiro atoms. The maximum absolute atomic E-state index is 11.4. The third-order valence-electron chi connectivity index (χ3n) is 3.11. The van der Waals surface area contributed by atoms with E-state index < -0.39 is 9.84 Å². The van der Waals surface area contributed by atoms with E-state index in [1.165, 1.54) is 32.1 Å². The highest BCUT2D eigenvalue weighted by Crippen LogP contribution is 2.10. The van der Waals surface area contributed by atoms with Gasteiger partial charge in [-0.15, -0.1) is 0 Å². The first kappa shape index (κ1) is 13.0. The average Bonchev–Trinajstić information content (AvgIpc) is 2.16. The van der Waals surface area contributed by atoms with Crippen molar-refractivity contribution in [1.82, 2.24) is 4.90 Å². The Morgan fingerprint density at radius 3 is 2.07 bits per heavy atom. The lowest BCUT2D eigenvalue weighted by Crippen LogP contribution is -2.32. The molecule has 3 nitrogen and oxygen atoms in total. The number of nitrogens with zero attached hydrogens (tertiary/aromatic N) is 1. The lowest BCUT2D eigenvalue weighted by molar-refractivity contribution is 0.260. The summed E-state index contributed by atoms with van der Waals surface area (Å²) in [5, 5.41) is 0. The lowest BCUT2D eigenvalue weighted by Gasteiger charge is -2.24. The highest BCUT2D eigenvalue weighted by Gasteiger charge is 2.12. The van der Waals surface area contributed by atoms with Crippen LogP contribution in [0.25, 0.3) is 0 Å². The normalized spacial score (nSPS) is 20.9. The molecule has 0 aromatic heterocycles. The maximum Gasteiger partial charge on any atom is 0.151 e. The second-order valence-electron chi connectivity index (χ2n) is 4.35. The first-order chi connectivity index (χ1) is 7.14. The Kier molecular flexibility index (Phi) is 5.61. The van der Waals surface area contributed by atoms with Crippen LogP contribution >= 0.6 is 0 Å². The van der Waals surface area contributed by atoms with Gasteiger partial charge in [0.1, 0.15) is 0 Å². The number of sulfone groups is 1. The van der Waals surface area contributed by atoms with Crippen molar-refractivity contribution < 1.29 is 8.42 Å². The van der Waals surface area contributed by atoms with Crippen molar-refractivity contribution in [3.05, 3.63) is 0 Å². The predicted molar refractivity (Wildman–Crippen MR) is 63.9 cm³/mol. The van der Waals surface area contributed by atoms with Gasteiger partial charge in [0.2, 0.25) is 0 Å². The van der Waals surface area contributed by atoms with Gasteiger partial charge in [-0.25, -0.2) is 8.42 Å². The number of hydrogen-bond acceptors (Lipinski definition) is 3. The molecule has 1 heterocycles. The summed E-state index contributed by atoms with van der Waals surface area (Å²) in [5.74, 6) is 0.615. The molecule has 0 aromatic rings. The number of hydrogen-bond donors (Lipinski definition) is 0. The van der Waals surface area contributed by atoms with Crippen LogP contribution in [0.1, 0.15) is 39.0 Å². The predicted octanol–water partition coefficient (Wildman–Crippen LogP) is 1.69. The summed E-state index contributed by atoms with van der Waals surface area (Å²) < 4.78 is 22.7. The van der Waals surface area contributed by atoms with Gasteiger partial charge < -0.3 is 4.90 Å². The Morgan fingerprint density at radius 2 is 1.53 bits per heavy atom. The molecular weight excluding hydrogens is 210 g/mol. The Bertz CT molecular complexity index is 254. The minimum absolute atomic E-state index is 0.279. The topological polar surface area (TPSA) is 37.4 Å². The van der Waals surface area contributed by atoms with Gasteiger partial charge in [0.15, 0.2) is 9.84 Å². The molecule has 0 atom stereocenters. The third-order valence-corrected chi connectivity index (χ3v) is 4.79. The van der Waals surface area contributed by atoms with Crippen LogP contribution in [0.15, 0.2) is 0 Å². The second kappa shape index (κ2) is 6.48. The molecule has 4 heteroatoms. The fourth-order valence-electron chi connectivity index (χ4n) is 1.95. The maximum atomic E-state index is 11.4. The van der Waals surface area contributed by atoms with E-state index in [1.807, 2.05) is 0 Å². The van der Waals surface area contributed by atoms with Crippen molar-refractivity contribution in [3.63, 3.8) is 0 Å². The second-order valence-corrected chi connectivity index (χ2v) is 6.82. The Labute approximate surface area is 93.8 Å². The number of rotatable bonds is 4. The van der Waals surface area contributed by atoms with E-state index in [4.69, 9.17) is 0 Å². The van der Waals surface area contributed by atoms with Gasteiger partial charge in [-0.05, 0) is 25.9 Å². The fourth-order valence-corrected chi connectivity index (χ4v) is 2.77. The molecule has 0 N–H and O–H groups in total. The van der Waals surface area contributed by atoms with Gasteiger partial charge in [-0.1, -0.05) is 26.2 Å². The minimum Gasteiger partial charge on any atom is -0.302 e. The zero-order chi connectivity index (χ0) is 11.1. The molecule has 0 aromatic carbocycles. The van der Waals surface area contributed by atoms with Gasteiger partial charge in [-0.3, -0.25) is 0 Å². The summed E-state index contributed by atoms with van der Waals surface area (Å²) >= 11 is 0. The molecular formula is C11H23NO2S. The average molecular weight is 233 g/mol. The monoisotopic (exact) mass is 233 g/mol. The molecule has 1 aliphatic rings. The van der Waals surface area contributed by atoms with E-state index in [-0.39, 0.29) is 5.75 Å². The van der Waals surface area contributed by atoms with E-state index in [0.717, 1.165) is 19.6 Å². The van der Waals surface area contributed by atoms with Crippen LogP contribution in [0.5, 0.6) is 0 Å². The zero-order valence-corrected chi connectivity index (χ0v) is 10.6. The van der Waals surface area contributed by atoms with E-state index in [9.17, 15) is 8.42 Å². The molecule has 1 fully saturated rings. The van der Waals surface area contributed by atoms with E-state index >= 15 is 0 Å². The van der Waals surface area contributed by atoms with Crippen molar-refractivity contribution in [2.45, 2.75) is 39.0 Å². The summed E-state index contributed by atoms with van der Waals surface area (Å²) in [7, 11) is -2.78. The van der Waals surface area contributed by atoms with E-state index in [2.05, 4.69) is 4.90 Å². The van der Waals surface area contributed by atoms with Crippen LogP contribution < -0.4 is 0 Å². The number of likely N-dealkylation sites (tertiary alicyclic amines) is 1. The summed E-state index contributed by atoms with van der Waals surface area (Å²) in [4.78, 5) is 2.31. The van der Waals surface area contributed by atoms with Crippen LogP contribution in [0.4, 0.5) is 0 Å². The quantitative estimate of drug-likeness (QED) is 0.741. The zero-order valence-electron chi connectivity index (χ0n) is 9.74. The molecule has 90 valence electrons. The summed E-state index contributed by atoms with van der Waals surface area (Å²) in [6.45, 7) is 4.62.